The van der Waals surface area contributed by atoms with Gasteiger partial charge in [0.1, 0.15) is 11.4 Å². The molecule has 1 aliphatic heterocycles. The summed E-state index contributed by atoms with van der Waals surface area (Å²) in [7, 11) is 0. The van der Waals surface area contributed by atoms with E-state index >= 15 is 0 Å². The lowest BCUT2D eigenvalue weighted by atomic mass is 9.92. The van der Waals surface area contributed by atoms with Crippen LogP contribution >= 0.6 is 0 Å². The van der Waals surface area contributed by atoms with Gasteiger partial charge in [-0.2, -0.15) is 0 Å². The summed E-state index contributed by atoms with van der Waals surface area (Å²) in [5, 5.41) is 6.53. The molecule has 1 amide bonds. The highest BCUT2D eigenvalue weighted by atomic mass is 19.1. The minimum atomic E-state index is -1.33. The fourth-order valence-corrected chi connectivity index (χ4v) is 3.90. The lowest BCUT2D eigenvalue weighted by molar-refractivity contribution is 0.0942. The Labute approximate surface area is 163 Å². The third-order valence-electron chi connectivity index (χ3n) is 5.58. The van der Waals surface area contributed by atoms with Crippen molar-refractivity contribution < 1.29 is 13.6 Å². The minimum Gasteiger partial charge on any atom is -0.349 e. The van der Waals surface area contributed by atoms with Crippen LogP contribution in [0.2, 0.25) is 0 Å². The molecule has 1 saturated heterocycles. The number of carbonyl (C=O) groups is 1. The molecule has 0 bridgehead atoms. The molecule has 1 aromatic heterocycles. The molecule has 1 aromatic carbocycles. The number of aromatic nitrogens is 1. The van der Waals surface area contributed by atoms with Gasteiger partial charge in [-0.15, -0.1) is 0 Å². The molecule has 0 radical (unpaired) electrons. The Hall–Kier alpha value is -2.47. The molecule has 0 spiro atoms. The molecule has 1 aliphatic carbocycles. The lowest BCUT2D eigenvalue weighted by Crippen LogP contribution is -2.37. The van der Waals surface area contributed by atoms with E-state index in [4.69, 9.17) is 0 Å². The van der Waals surface area contributed by atoms with Gasteiger partial charge in [-0.3, -0.25) is 4.79 Å². The highest BCUT2D eigenvalue weighted by Crippen LogP contribution is 2.31. The highest BCUT2D eigenvalue weighted by molar-refractivity contribution is 5.99. The molecule has 2 heterocycles. The van der Waals surface area contributed by atoms with Crippen molar-refractivity contribution in [3.8, 4) is 0 Å². The van der Waals surface area contributed by atoms with Crippen molar-refractivity contribution >= 4 is 22.4 Å². The first-order valence-corrected chi connectivity index (χ1v) is 9.74. The highest BCUT2D eigenvalue weighted by Gasteiger charge is 2.24. The van der Waals surface area contributed by atoms with Crippen molar-refractivity contribution in [1.82, 2.24) is 15.6 Å². The Morgan fingerprint density at radius 1 is 1.39 bits per heavy atom. The van der Waals surface area contributed by atoms with E-state index in [1.807, 2.05) is 6.08 Å². The second kappa shape index (κ2) is 7.17. The molecular weight excluding hydrogens is 360 g/mol. The predicted octanol–water partition coefficient (Wildman–Crippen LogP) is 4.11. The molecule has 4 rings (SSSR count). The van der Waals surface area contributed by atoms with E-state index in [1.165, 1.54) is 6.92 Å². The van der Waals surface area contributed by atoms with E-state index in [-0.39, 0.29) is 11.7 Å². The predicted molar refractivity (Wildman–Crippen MR) is 107 cm³/mol. The van der Waals surface area contributed by atoms with Crippen molar-refractivity contribution in [2.45, 2.75) is 38.4 Å². The third kappa shape index (κ3) is 3.74. The van der Waals surface area contributed by atoms with E-state index < -0.39 is 17.4 Å². The number of benzene rings is 1. The van der Waals surface area contributed by atoms with Crippen LogP contribution in [-0.2, 0) is 0 Å². The second-order valence-electron chi connectivity index (χ2n) is 8.21. The van der Waals surface area contributed by atoms with Gasteiger partial charge in [0.05, 0.1) is 0 Å². The third-order valence-corrected chi connectivity index (χ3v) is 5.58. The minimum absolute atomic E-state index is 0.0531. The summed E-state index contributed by atoms with van der Waals surface area (Å²) in [5.41, 5.74) is 0.915. The number of fused-ring (bicyclic) bond motifs is 1. The number of carbonyl (C=O) groups excluding carboxylic acids is 1. The average molecular weight is 385 g/mol. The summed E-state index contributed by atoms with van der Waals surface area (Å²) in [4.78, 5) is 15.4. The number of aromatic amines is 1. The maximum atomic E-state index is 14.7. The molecule has 148 valence electrons. The number of hydrogen-bond acceptors (Lipinski definition) is 2. The molecule has 6 heteroatoms. The number of nitrogens with one attached hydrogen (secondary N) is 3. The molecule has 2 aromatic rings. The molecule has 0 saturated carbocycles. The number of halogens is 2. The van der Waals surface area contributed by atoms with Crippen LogP contribution in [0.4, 0.5) is 8.78 Å². The van der Waals surface area contributed by atoms with Crippen LogP contribution in [0.1, 0.15) is 42.7 Å². The number of amides is 1. The van der Waals surface area contributed by atoms with Crippen molar-refractivity contribution in [1.29, 1.82) is 0 Å². The Bertz CT molecular complexity index is 974. The largest absolute Gasteiger partial charge is 0.349 e. The van der Waals surface area contributed by atoms with E-state index in [1.54, 1.807) is 30.4 Å². The van der Waals surface area contributed by atoms with Crippen molar-refractivity contribution in [3.05, 3.63) is 53.5 Å². The van der Waals surface area contributed by atoms with Crippen molar-refractivity contribution in [2.24, 2.45) is 5.92 Å². The van der Waals surface area contributed by atoms with E-state index in [0.717, 1.165) is 24.1 Å². The maximum absolute atomic E-state index is 14.7. The van der Waals surface area contributed by atoms with Crippen LogP contribution in [0.3, 0.4) is 0 Å². The number of allylic oxidation sites excluding steroid dienone is 4. The molecule has 4 nitrogen and oxygen atoms in total. The van der Waals surface area contributed by atoms with Gasteiger partial charge in [-0.1, -0.05) is 25.1 Å². The summed E-state index contributed by atoms with van der Waals surface area (Å²) in [6, 6.07) is 5.48. The molecule has 1 fully saturated rings. The summed E-state index contributed by atoms with van der Waals surface area (Å²) in [6.45, 7) is 5.11. The molecule has 1 unspecified atom stereocenters. The SMILES string of the molecule is C[C@@H]1CN[C@H](CNC(=O)c2[nH]c3cc(C4=CCC(C)(F)C=C4)ccc3c2F)C1. The Kier molecular flexibility index (Phi) is 4.83. The molecule has 3 atom stereocenters. The molecule has 2 aliphatic rings. The molecule has 28 heavy (non-hydrogen) atoms. The first kappa shape index (κ1) is 18.9. The van der Waals surface area contributed by atoms with Gasteiger partial charge in [-0.05, 0) is 55.2 Å². The zero-order valence-corrected chi connectivity index (χ0v) is 16.1. The van der Waals surface area contributed by atoms with Crippen LogP contribution in [0.25, 0.3) is 16.5 Å². The number of hydrogen-bond donors (Lipinski definition) is 3. The molecular formula is C22H25F2N3O. The smallest absolute Gasteiger partial charge is 0.270 e. The topological polar surface area (TPSA) is 56.9 Å². The fraction of sp³-hybridized carbons (Fsp3) is 0.409. The van der Waals surface area contributed by atoms with Crippen LogP contribution in [0.15, 0.2) is 36.4 Å². The monoisotopic (exact) mass is 385 g/mol. The van der Waals surface area contributed by atoms with Crippen LogP contribution in [-0.4, -0.2) is 35.7 Å². The van der Waals surface area contributed by atoms with Gasteiger partial charge in [0.2, 0.25) is 0 Å². The Morgan fingerprint density at radius 3 is 2.89 bits per heavy atom. The Morgan fingerprint density at radius 2 is 2.21 bits per heavy atom. The number of rotatable bonds is 4. The average Bonchev–Trinajstić information content (AvgIpc) is 3.22. The van der Waals surface area contributed by atoms with Crippen LogP contribution < -0.4 is 10.6 Å². The zero-order valence-electron chi connectivity index (χ0n) is 16.1. The lowest BCUT2D eigenvalue weighted by Gasteiger charge is -2.18. The fourth-order valence-electron chi connectivity index (χ4n) is 3.90. The normalized spacial score (nSPS) is 27.2. The Balaban J connectivity index is 1.52. The van der Waals surface area contributed by atoms with E-state index in [0.29, 0.717) is 29.8 Å². The van der Waals surface area contributed by atoms with E-state index in [2.05, 4.69) is 22.5 Å². The maximum Gasteiger partial charge on any atom is 0.270 e. The van der Waals surface area contributed by atoms with Gasteiger partial charge >= 0.3 is 0 Å². The summed E-state index contributed by atoms with van der Waals surface area (Å²) in [5.74, 6) is -0.401. The second-order valence-corrected chi connectivity index (χ2v) is 8.21. The van der Waals surface area contributed by atoms with Gasteiger partial charge in [0.25, 0.3) is 5.91 Å². The van der Waals surface area contributed by atoms with Gasteiger partial charge in [-0.25, -0.2) is 8.78 Å². The summed E-state index contributed by atoms with van der Waals surface area (Å²) >= 11 is 0. The summed E-state index contributed by atoms with van der Waals surface area (Å²) < 4.78 is 28.7. The summed E-state index contributed by atoms with van der Waals surface area (Å²) in [6.07, 6.45) is 6.42. The van der Waals surface area contributed by atoms with Crippen molar-refractivity contribution in [2.75, 3.05) is 13.1 Å². The quantitative estimate of drug-likeness (QED) is 0.742. The number of alkyl halides is 1. The van der Waals surface area contributed by atoms with E-state index in [9.17, 15) is 13.6 Å². The first-order chi connectivity index (χ1) is 13.3. The first-order valence-electron chi connectivity index (χ1n) is 9.74. The standard InChI is InChI=1S/C22H25F2N3O/c1-13-9-16(25-11-13)12-26-21(28)20-19(23)17-4-3-15(10-18(17)27-20)14-5-7-22(2,24)8-6-14/h3-7,10,13,16,25,27H,8-9,11-12H2,1-2H3,(H,26,28)/t13-,16-,22?/m0/s1. The van der Waals surface area contributed by atoms with Gasteiger partial charge in [0.15, 0.2) is 5.82 Å². The van der Waals surface area contributed by atoms with Crippen LogP contribution in [0.5, 0.6) is 0 Å². The number of H-pyrrole nitrogens is 1. The molecule has 3 N–H and O–H groups in total. The van der Waals surface area contributed by atoms with Gasteiger partial charge in [0, 0.05) is 29.9 Å². The van der Waals surface area contributed by atoms with Crippen molar-refractivity contribution in [3.63, 3.8) is 0 Å². The van der Waals surface area contributed by atoms with Crippen LogP contribution in [0, 0.1) is 11.7 Å². The zero-order chi connectivity index (χ0) is 19.9. The van der Waals surface area contributed by atoms with Gasteiger partial charge < -0.3 is 15.6 Å².